The van der Waals surface area contributed by atoms with Gasteiger partial charge in [0.05, 0.1) is 17.9 Å². The molecule has 1 atom stereocenters. The highest BCUT2D eigenvalue weighted by Crippen LogP contribution is 2.81. The SMILES string of the molecule is CC1=C[P+]1(C)Cl.[Cl][Al-]([Cl])([Cl])[Cl]. The summed E-state index contributed by atoms with van der Waals surface area (Å²) in [4.78, 5) is 0. The molecule has 1 heterocycles. The van der Waals surface area contributed by atoms with E-state index in [1.807, 2.05) is 0 Å². The average molecular weight is 290 g/mol. The molecule has 1 aliphatic rings. The Hall–Kier alpha value is 2.15. The maximum Gasteiger partial charge on any atom is 0.564 e. The summed E-state index contributed by atoms with van der Waals surface area (Å²) in [5, 5.41) is 1.41. The molecule has 0 bridgehead atoms. The Morgan fingerprint density at radius 3 is 1.36 bits per heavy atom. The number of hydrogen-bond donors (Lipinski definition) is 0. The molecule has 0 radical (unpaired) electrons. The van der Waals surface area contributed by atoms with Crippen LogP contribution in [0.15, 0.2) is 11.1 Å². The fourth-order valence-electron chi connectivity index (χ4n) is 0.322. The third-order valence-corrected chi connectivity index (χ3v) is 4.25. The summed E-state index contributed by atoms with van der Waals surface area (Å²) in [7, 11) is 17.0. The van der Waals surface area contributed by atoms with E-state index in [-0.39, 0.29) is 0 Å². The molecule has 0 saturated heterocycles. The maximum atomic E-state index is 5.81. The van der Waals surface area contributed by atoms with Crippen LogP contribution in [0.1, 0.15) is 6.92 Å². The highest BCUT2D eigenvalue weighted by molar-refractivity contribution is 8.09. The van der Waals surface area contributed by atoms with Crippen LogP contribution in [0.2, 0.25) is 0 Å². The molecule has 0 spiro atoms. The second kappa shape index (κ2) is 4.59. The Bertz CT molecular complexity index is 166. The standard InChI is InChI=1S/C4H7ClP.Al.4ClH/c1-4-3-6(4,2)5;;;;;/h3H,1-2H3;;4*1H/q+1;+3;;;;/p-4. The third-order valence-electron chi connectivity index (χ3n) is 1.05. The quantitative estimate of drug-likeness (QED) is 0.433. The van der Waals surface area contributed by atoms with Gasteiger partial charge < -0.3 is 40.2 Å². The molecule has 0 aromatic carbocycles. The van der Waals surface area contributed by atoms with Gasteiger partial charge in [-0.1, -0.05) is 0 Å². The predicted molar refractivity (Wildman–Crippen MR) is 61.6 cm³/mol. The van der Waals surface area contributed by atoms with E-state index in [9.17, 15) is 0 Å². The van der Waals surface area contributed by atoms with E-state index in [2.05, 4.69) is 19.4 Å². The average Bonchev–Trinajstić information content (AvgIpc) is 2.04. The van der Waals surface area contributed by atoms with Crippen molar-refractivity contribution in [2.45, 2.75) is 6.92 Å². The van der Waals surface area contributed by atoms with Gasteiger partial charge in [-0.25, -0.2) is 0 Å². The van der Waals surface area contributed by atoms with Crippen molar-refractivity contribution in [3.63, 3.8) is 0 Å². The first-order valence-electron chi connectivity index (χ1n) is 2.76. The van der Waals surface area contributed by atoms with Gasteiger partial charge in [-0.2, -0.15) is 0 Å². The number of allylic oxidation sites excluding steroid dienone is 1. The van der Waals surface area contributed by atoms with Crippen molar-refractivity contribution in [2.75, 3.05) is 6.66 Å². The van der Waals surface area contributed by atoms with Crippen LogP contribution in [-0.2, 0) is 0 Å². The van der Waals surface area contributed by atoms with Crippen molar-refractivity contribution in [2.24, 2.45) is 0 Å². The van der Waals surface area contributed by atoms with E-state index in [0.717, 1.165) is 0 Å². The van der Waals surface area contributed by atoms with Crippen LogP contribution in [0.4, 0.5) is 0 Å². The van der Waals surface area contributed by atoms with E-state index in [1.165, 1.54) is 5.31 Å². The monoisotopic (exact) mass is 288 g/mol. The molecule has 11 heavy (non-hydrogen) atoms. The second-order valence-electron chi connectivity index (χ2n) is 2.23. The van der Waals surface area contributed by atoms with Gasteiger partial charge in [0.1, 0.15) is 11.1 Å². The van der Waals surface area contributed by atoms with Gasteiger partial charge in [0.2, 0.25) is 0 Å². The van der Waals surface area contributed by atoms with Gasteiger partial charge in [0, 0.05) is 0 Å². The van der Waals surface area contributed by atoms with Crippen LogP contribution < -0.4 is 0 Å². The van der Waals surface area contributed by atoms with Gasteiger partial charge in [-0.15, -0.1) is 0 Å². The molecule has 66 valence electrons. The van der Waals surface area contributed by atoms with E-state index >= 15 is 0 Å². The molecule has 1 rings (SSSR count). The molecule has 0 N–H and O–H groups in total. The number of hydrogen-bond acceptors (Lipinski definition) is 0. The molecule has 7 heteroatoms. The summed E-state index contributed by atoms with van der Waals surface area (Å²) in [6.07, 6.45) is 0. The Labute approximate surface area is 91.4 Å². The van der Waals surface area contributed by atoms with Crippen molar-refractivity contribution in [1.29, 1.82) is 0 Å². The summed E-state index contributed by atoms with van der Waals surface area (Å²) < 4.78 is 0. The molecule has 0 aromatic heterocycles. The largest absolute Gasteiger partial charge is 0.564 e. The number of halogens is 5. The molecule has 0 saturated carbocycles. The van der Waals surface area contributed by atoms with Crippen molar-refractivity contribution >= 4 is 67.4 Å². The van der Waals surface area contributed by atoms with Crippen LogP contribution in [0.3, 0.4) is 0 Å². The fraction of sp³-hybridized carbons (Fsp3) is 0.500. The first kappa shape index (κ1) is 13.2. The Balaban J connectivity index is 0.000000187. The summed E-state index contributed by atoms with van der Waals surface area (Å²) in [6.45, 7) is 3.22. The first-order valence-corrected chi connectivity index (χ1v) is 13.0. The third kappa shape index (κ3) is 10.1. The Morgan fingerprint density at radius 2 is 1.36 bits per heavy atom. The molecule has 0 aromatic rings. The zero-order valence-corrected chi connectivity index (χ0v) is 11.8. The fourth-order valence-corrected chi connectivity index (χ4v) is 2.13. The van der Waals surface area contributed by atoms with Gasteiger partial charge in [-0.05, 0) is 6.92 Å². The minimum absolute atomic E-state index is 0.966. The minimum atomic E-state index is -2.94. The summed E-state index contributed by atoms with van der Waals surface area (Å²) >= 11 is 5.81. The topological polar surface area (TPSA) is 0 Å². The van der Waals surface area contributed by atoms with Crippen LogP contribution in [0.25, 0.3) is 0 Å². The molecule has 1 unspecified atom stereocenters. The van der Waals surface area contributed by atoms with E-state index in [4.69, 9.17) is 51.4 Å². The highest BCUT2D eigenvalue weighted by Gasteiger charge is 2.45. The summed E-state index contributed by atoms with van der Waals surface area (Å²) in [6, 6.07) is 0. The zero-order chi connectivity index (χ0) is 9.28. The van der Waals surface area contributed by atoms with Crippen LogP contribution in [-0.4, -0.2) is 16.1 Å². The van der Waals surface area contributed by atoms with E-state index < -0.39 is 16.0 Å². The lowest BCUT2D eigenvalue weighted by Gasteiger charge is -1.97. The van der Waals surface area contributed by atoms with E-state index in [1.54, 1.807) is 0 Å². The highest BCUT2D eigenvalue weighted by atomic mass is 35.9. The van der Waals surface area contributed by atoms with Gasteiger partial charge >= 0.3 is 9.39 Å². The van der Waals surface area contributed by atoms with Gasteiger partial charge in [0.25, 0.3) is 0 Å². The lowest BCUT2D eigenvalue weighted by Crippen LogP contribution is -1.91. The molecular weight excluding hydrogens is 283 g/mol. The maximum absolute atomic E-state index is 5.81. The molecule has 0 nitrogen and oxygen atoms in total. The zero-order valence-electron chi connectivity index (χ0n) is 5.99. The van der Waals surface area contributed by atoms with Gasteiger partial charge in [-0.3, -0.25) is 0 Å². The lowest BCUT2D eigenvalue weighted by molar-refractivity contribution is 1.77. The molecule has 0 aliphatic carbocycles. The van der Waals surface area contributed by atoms with Crippen molar-refractivity contribution in [3.8, 4) is 0 Å². The number of rotatable bonds is 0. The lowest BCUT2D eigenvalue weighted by atomic mass is 10.8. The van der Waals surface area contributed by atoms with Crippen molar-refractivity contribution < 1.29 is 0 Å². The Kier molecular flexibility index (Phi) is 5.48. The van der Waals surface area contributed by atoms with Crippen LogP contribution >= 0.6 is 58.1 Å². The van der Waals surface area contributed by atoms with Crippen molar-refractivity contribution in [3.05, 3.63) is 11.1 Å². The normalized spacial score (nSPS) is 28.5. The molecule has 0 amide bonds. The smallest absolute Gasteiger partial charge is 0.391 e. The van der Waals surface area contributed by atoms with Crippen LogP contribution in [0.5, 0.6) is 0 Å². The predicted octanol–water partition coefficient (Wildman–Crippen LogP) is 5.04. The molecule has 0 fully saturated rings. The summed E-state index contributed by atoms with van der Waals surface area (Å²) in [5.74, 6) is 2.15. The molecule has 1 aliphatic heterocycles. The van der Waals surface area contributed by atoms with Crippen molar-refractivity contribution in [1.82, 2.24) is 0 Å². The van der Waals surface area contributed by atoms with Gasteiger partial charge in [0.15, 0.2) is 6.62 Å². The Morgan fingerprint density at radius 1 is 1.27 bits per heavy atom. The molecular formula is C4H7AlCl5P. The minimum Gasteiger partial charge on any atom is -0.391 e. The van der Waals surface area contributed by atoms with E-state index in [0.29, 0.717) is 0 Å². The summed E-state index contributed by atoms with van der Waals surface area (Å²) in [5.41, 5.74) is 0. The van der Waals surface area contributed by atoms with Crippen LogP contribution in [0, 0.1) is 0 Å². The first-order chi connectivity index (χ1) is 4.63. The second-order valence-corrected chi connectivity index (χ2v) is 20.1.